The fourth-order valence-electron chi connectivity index (χ4n) is 4.17. The summed E-state index contributed by atoms with van der Waals surface area (Å²) in [5.41, 5.74) is 7.14. The molecule has 1 heterocycles. The van der Waals surface area contributed by atoms with E-state index in [1.807, 2.05) is 24.1 Å². The number of carbonyl (C=O) groups excluding carboxylic acids is 1. The highest BCUT2D eigenvalue weighted by molar-refractivity contribution is 5.82. The Balaban J connectivity index is 1.56. The number of fused-ring (bicyclic) bond motifs is 1. The number of nitrogens with two attached hydrogens (primary N) is 1. The lowest BCUT2D eigenvalue weighted by Crippen LogP contribution is -2.47. The highest BCUT2D eigenvalue weighted by atomic mass is 16.3. The predicted molar refractivity (Wildman–Crippen MR) is 83.9 cm³/mol. The quantitative estimate of drug-likeness (QED) is 0.868. The van der Waals surface area contributed by atoms with Gasteiger partial charge in [0.1, 0.15) is 0 Å². The third-order valence-corrected chi connectivity index (χ3v) is 5.38. The summed E-state index contributed by atoms with van der Waals surface area (Å²) < 4.78 is 0. The summed E-state index contributed by atoms with van der Waals surface area (Å²) in [4.78, 5) is 18.4. The number of hydrogen-bond donors (Lipinski definition) is 2. The summed E-state index contributed by atoms with van der Waals surface area (Å²) in [7, 11) is 1.87. The lowest BCUT2D eigenvalue weighted by Gasteiger charge is -2.28. The second-order valence-electron chi connectivity index (χ2n) is 6.89. The third-order valence-electron chi connectivity index (χ3n) is 5.38. The Kier molecular flexibility index (Phi) is 4.45. The molecule has 0 radical (unpaired) electrons. The number of hydrogen-bond acceptors (Lipinski definition) is 4. The maximum Gasteiger partial charge on any atom is 0.239 e. The van der Waals surface area contributed by atoms with E-state index in [1.54, 1.807) is 12.4 Å². The molecule has 5 nitrogen and oxygen atoms in total. The van der Waals surface area contributed by atoms with Crippen LogP contribution in [0.25, 0.3) is 0 Å². The van der Waals surface area contributed by atoms with Crippen LogP contribution in [0.2, 0.25) is 0 Å². The molecule has 5 heteroatoms. The molecule has 5 atom stereocenters. The lowest BCUT2D eigenvalue weighted by atomic mass is 10.0. The van der Waals surface area contributed by atoms with Crippen molar-refractivity contribution >= 4 is 5.91 Å². The van der Waals surface area contributed by atoms with Crippen molar-refractivity contribution in [1.29, 1.82) is 0 Å². The average Bonchev–Trinajstić information content (AvgIpc) is 3.04. The van der Waals surface area contributed by atoms with Gasteiger partial charge >= 0.3 is 0 Å². The molecule has 1 aromatic heterocycles. The van der Waals surface area contributed by atoms with Gasteiger partial charge in [-0.1, -0.05) is 0 Å². The standard InChI is InChI=1S/C17H25N3O2/c1-20(14-7-12-9-15(21)10-13(12)8-14)17(22)16(18)6-11-2-4-19-5-3-11/h2-5,12-16,21H,6-10,18H2,1H3/t12-,13+,14?,15?,16-/m0/s1. The van der Waals surface area contributed by atoms with Gasteiger partial charge in [0.25, 0.3) is 0 Å². The lowest BCUT2D eigenvalue weighted by molar-refractivity contribution is -0.133. The van der Waals surface area contributed by atoms with Gasteiger partial charge in [0.05, 0.1) is 12.1 Å². The largest absolute Gasteiger partial charge is 0.393 e. The van der Waals surface area contributed by atoms with Crippen LogP contribution in [-0.4, -0.2) is 46.1 Å². The van der Waals surface area contributed by atoms with E-state index in [1.165, 1.54) is 0 Å². The molecule has 2 fully saturated rings. The van der Waals surface area contributed by atoms with Crippen molar-refractivity contribution in [3.05, 3.63) is 30.1 Å². The predicted octanol–water partition coefficient (Wildman–Crippen LogP) is 0.959. The third kappa shape index (κ3) is 3.15. The Morgan fingerprint density at radius 1 is 1.32 bits per heavy atom. The van der Waals surface area contributed by atoms with Gasteiger partial charge < -0.3 is 15.7 Å². The summed E-state index contributed by atoms with van der Waals surface area (Å²) in [6, 6.07) is 3.57. The second-order valence-corrected chi connectivity index (χ2v) is 6.89. The van der Waals surface area contributed by atoms with E-state index in [-0.39, 0.29) is 18.1 Å². The van der Waals surface area contributed by atoms with Gasteiger partial charge in [0.15, 0.2) is 0 Å². The van der Waals surface area contributed by atoms with Crippen molar-refractivity contribution in [3.63, 3.8) is 0 Å². The first kappa shape index (κ1) is 15.4. The molecule has 2 unspecified atom stereocenters. The monoisotopic (exact) mass is 303 g/mol. The molecule has 1 aromatic rings. The van der Waals surface area contributed by atoms with E-state index in [0.717, 1.165) is 31.2 Å². The van der Waals surface area contributed by atoms with Crippen molar-refractivity contribution in [2.45, 2.75) is 50.3 Å². The van der Waals surface area contributed by atoms with E-state index < -0.39 is 6.04 Å². The maximum absolute atomic E-state index is 12.6. The zero-order valence-corrected chi connectivity index (χ0v) is 13.1. The van der Waals surface area contributed by atoms with Crippen LogP contribution in [0.5, 0.6) is 0 Å². The van der Waals surface area contributed by atoms with Gasteiger partial charge in [-0.15, -0.1) is 0 Å². The fourth-order valence-corrected chi connectivity index (χ4v) is 4.17. The molecule has 1 amide bonds. The molecule has 0 aromatic carbocycles. The summed E-state index contributed by atoms with van der Waals surface area (Å²) >= 11 is 0. The molecule has 2 saturated carbocycles. The fraction of sp³-hybridized carbons (Fsp3) is 0.647. The van der Waals surface area contributed by atoms with Gasteiger partial charge in [-0.2, -0.15) is 0 Å². The topological polar surface area (TPSA) is 79.5 Å². The first-order valence-corrected chi connectivity index (χ1v) is 8.13. The smallest absolute Gasteiger partial charge is 0.239 e. The molecule has 0 saturated heterocycles. The molecular weight excluding hydrogens is 278 g/mol. The van der Waals surface area contributed by atoms with Crippen LogP contribution in [0.15, 0.2) is 24.5 Å². The molecule has 3 rings (SSSR count). The molecule has 2 aliphatic rings. The number of amides is 1. The van der Waals surface area contributed by atoms with Crippen molar-refractivity contribution in [1.82, 2.24) is 9.88 Å². The van der Waals surface area contributed by atoms with Crippen molar-refractivity contribution < 1.29 is 9.90 Å². The zero-order chi connectivity index (χ0) is 15.7. The van der Waals surface area contributed by atoms with Crippen LogP contribution >= 0.6 is 0 Å². The minimum absolute atomic E-state index is 0.0161. The van der Waals surface area contributed by atoms with Gasteiger partial charge in [-0.05, 0) is 61.6 Å². The Morgan fingerprint density at radius 2 is 1.91 bits per heavy atom. The zero-order valence-electron chi connectivity index (χ0n) is 13.1. The summed E-state index contributed by atoms with van der Waals surface area (Å²) in [5.74, 6) is 1.17. The van der Waals surface area contributed by atoms with Gasteiger partial charge in [-0.25, -0.2) is 0 Å². The minimum atomic E-state index is -0.501. The Hall–Kier alpha value is -1.46. The van der Waals surface area contributed by atoms with Crippen LogP contribution in [-0.2, 0) is 11.2 Å². The number of rotatable bonds is 4. The van der Waals surface area contributed by atoms with E-state index >= 15 is 0 Å². The summed E-state index contributed by atoms with van der Waals surface area (Å²) in [6.07, 6.45) is 7.66. The number of carbonyl (C=O) groups is 1. The number of likely N-dealkylation sites (N-methyl/N-ethyl adjacent to an activating group) is 1. The van der Waals surface area contributed by atoms with Crippen molar-refractivity contribution in [3.8, 4) is 0 Å². The highest BCUT2D eigenvalue weighted by Gasteiger charge is 2.43. The summed E-state index contributed by atoms with van der Waals surface area (Å²) in [5, 5.41) is 9.72. The summed E-state index contributed by atoms with van der Waals surface area (Å²) in [6.45, 7) is 0. The second kappa shape index (κ2) is 6.34. The van der Waals surface area contributed by atoms with Crippen LogP contribution in [0, 0.1) is 11.8 Å². The van der Waals surface area contributed by atoms with E-state index in [9.17, 15) is 9.90 Å². The Bertz CT molecular complexity index is 508. The number of aliphatic hydroxyl groups is 1. The first-order valence-electron chi connectivity index (χ1n) is 8.13. The normalized spacial score (nSPS) is 31.8. The van der Waals surface area contributed by atoms with E-state index in [4.69, 9.17) is 5.73 Å². The molecule has 2 aliphatic carbocycles. The van der Waals surface area contributed by atoms with Gasteiger partial charge in [-0.3, -0.25) is 9.78 Å². The molecule has 120 valence electrons. The Labute approximate surface area is 131 Å². The number of aromatic nitrogens is 1. The van der Waals surface area contributed by atoms with E-state index in [0.29, 0.717) is 18.3 Å². The molecular formula is C17H25N3O2. The molecule has 22 heavy (non-hydrogen) atoms. The van der Waals surface area contributed by atoms with Crippen LogP contribution in [0.3, 0.4) is 0 Å². The van der Waals surface area contributed by atoms with Crippen LogP contribution in [0.1, 0.15) is 31.2 Å². The number of pyridine rings is 1. The SMILES string of the molecule is CN(C(=O)[C@@H](N)Cc1ccncc1)C1C[C@H]2CC(O)C[C@H]2C1. The number of nitrogens with zero attached hydrogens (tertiary/aromatic N) is 2. The number of aliphatic hydroxyl groups excluding tert-OH is 1. The molecule has 3 N–H and O–H groups in total. The van der Waals surface area contributed by atoms with Gasteiger partial charge in [0.2, 0.25) is 5.91 Å². The Morgan fingerprint density at radius 3 is 2.50 bits per heavy atom. The van der Waals surface area contributed by atoms with Crippen LogP contribution in [0.4, 0.5) is 0 Å². The van der Waals surface area contributed by atoms with Crippen LogP contribution < -0.4 is 5.73 Å². The first-order chi connectivity index (χ1) is 10.5. The highest BCUT2D eigenvalue weighted by Crippen LogP contribution is 2.45. The van der Waals surface area contributed by atoms with Crippen molar-refractivity contribution in [2.75, 3.05) is 7.05 Å². The average molecular weight is 303 g/mol. The van der Waals surface area contributed by atoms with E-state index in [2.05, 4.69) is 4.98 Å². The molecule has 0 spiro atoms. The van der Waals surface area contributed by atoms with Gasteiger partial charge in [0, 0.05) is 25.5 Å². The molecule has 0 bridgehead atoms. The molecule has 0 aliphatic heterocycles. The minimum Gasteiger partial charge on any atom is -0.393 e. The maximum atomic E-state index is 12.6. The van der Waals surface area contributed by atoms with Crippen molar-refractivity contribution in [2.24, 2.45) is 17.6 Å².